The molecule has 2 rings (SSSR count). The Bertz CT molecular complexity index is 551. The Balaban J connectivity index is 2.42. The minimum atomic E-state index is -0.484. The molecular formula is C10H9N2O3S+. The van der Waals surface area contributed by atoms with Crippen LogP contribution in [0.1, 0.15) is 0 Å². The number of nitrogens with zero attached hydrogens (tertiary/aromatic N) is 2. The van der Waals surface area contributed by atoms with Crippen molar-refractivity contribution in [3.8, 4) is 11.6 Å². The second-order valence-corrected chi connectivity index (χ2v) is 3.80. The zero-order valence-corrected chi connectivity index (χ0v) is 9.27. The van der Waals surface area contributed by atoms with E-state index in [1.165, 1.54) is 17.8 Å². The van der Waals surface area contributed by atoms with Crippen LogP contribution in [-0.2, 0) is 0 Å². The normalized spacial score (nSPS) is 10.3. The van der Waals surface area contributed by atoms with Gasteiger partial charge in [-0.25, -0.2) is 0 Å². The molecule has 0 radical (unpaired) electrons. The van der Waals surface area contributed by atoms with Gasteiger partial charge >= 0.3 is 0 Å². The smallest absolute Gasteiger partial charge is 0.297 e. The van der Waals surface area contributed by atoms with E-state index in [1.807, 2.05) is 6.26 Å². The van der Waals surface area contributed by atoms with Crippen LogP contribution in [0.2, 0.25) is 0 Å². The van der Waals surface area contributed by atoms with Gasteiger partial charge in [-0.3, -0.25) is 4.79 Å². The van der Waals surface area contributed by atoms with Crippen LogP contribution in [0.3, 0.4) is 0 Å². The first-order valence-electron chi connectivity index (χ1n) is 4.44. The van der Waals surface area contributed by atoms with Crippen LogP contribution in [0.5, 0.6) is 5.75 Å². The number of aromatic hydroxyl groups is 1. The Morgan fingerprint density at radius 2 is 2.38 bits per heavy atom. The third-order valence-electron chi connectivity index (χ3n) is 1.95. The quantitative estimate of drug-likeness (QED) is 0.474. The van der Waals surface area contributed by atoms with Crippen LogP contribution in [0, 0.1) is 0 Å². The molecule has 0 spiro atoms. The number of rotatable bonds is 2. The lowest BCUT2D eigenvalue weighted by molar-refractivity contribution is -0.613. The van der Waals surface area contributed by atoms with Gasteiger partial charge in [-0.1, -0.05) is 11.8 Å². The van der Waals surface area contributed by atoms with E-state index in [4.69, 9.17) is 9.52 Å². The summed E-state index contributed by atoms with van der Waals surface area (Å²) in [6, 6.07) is 3.01. The average molecular weight is 237 g/mol. The Morgan fingerprint density at radius 1 is 1.56 bits per heavy atom. The number of aromatic nitrogens is 2. The van der Waals surface area contributed by atoms with Gasteiger partial charge in [0.1, 0.15) is 12.5 Å². The topological polar surface area (TPSA) is 67.2 Å². The molecule has 0 saturated carbocycles. The zero-order chi connectivity index (χ0) is 11.5. The summed E-state index contributed by atoms with van der Waals surface area (Å²) in [7, 11) is 0. The van der Waals surface area contributed by atoms with E-state index in [0.29, 0.717) is 5.88 Å². The van der Waals surface area contributed by atoms with Crippen molar-refractivity contribution in [2.75, 3.05) is 6.26 Å². The summed E-state index contributed by atoms with van der Waals surface area (Å²) >= 11 is 1.52. The third kappa shape index (κ3) is 2.06. The van der Waals surface area contributed by atoms with Gasteiger partial charge < -0.3 is 9.52 Å². The first kappa shape index (κ1) is 10.7. The maximum absolute atomic E-state index is 11.2. The van der Waals surface area contributed by atoms with E-state index in [-0.39, 0.29) is 0 Å². The summed E-state index contributed by atoms with van der Waals surface area (Å²) in [4.78, 5) is 15.3. The maximum atomic E-state index is 11.2. The van der Waals surface area contributed by atoms with Gasteiger partial charge in [0.15, 0.2) is 5.75 Å². The van der Waals surface area contributed by atoms with Gasteiger partial charge in [-0.05, 0) is 11.2 Å². The molecule has 16 heavy (non-hydrogen) atoms. The lowest BCUT2D eigenvalue weighted by atomic mass is 10.4. The van der Waals surface area contributed by atoms with Crippen LogP contribution >= 0.6 is 11.8 Å². The average Bonchev–Trinajstić information content (AvgIpc) is 2.33. The molecule has 0 aliphatic heterocycles. The van der Waals surface area contributed by atoms with Gasteiger partial charge in [-0.2, -0.15) is 4.57 Å². The molecule has 0 saturated heterocycles. The molecule has 0 unspecified atom stereocenters. The minimum absolute atomic E-state index is 0.308. The molecule has 2 aromatic rings. The van der Waals surface area contributed by atoms with Crippen LogP contribution in [0.4, 0.5) is 0 Å². The van der Waals surface area contributed by atoms with E-state index < -0.39 is 11.2 Å². The van der Waals surface area contributed by atoms with Gasteiger partial charge in [-0.15, -0.1) is 0 Å². The Morgan fingerprint density at radius 3 is 2.94 bits per heavy atom. The highest BCUT2D eigenvalue weighted by Crippen LogP contribution is 2.08. The molecule has 0 amide bonds. The fourth-order valence-electron chi connectivity index (χ4n) is 1.13. The molecule has 0 fully saturated rings. The van der Waals surface area contributed by atoms with E-state index in [1.54, 1.807) is 23.2 Å². The van der Waals surface area contributed by atoms with Crippen LogP contribution in [0.25, 0.3) is 5.88 Å². The lowest BCUT2D eigenvalue weighted by Gasteiger charge is -1.96. The molecule has 5 nitrogen and oxygen atoms in total. The van der Waals surface area contributed by atoms with Gasteiger partial charge in [0.2, 0.25) is 10.5 Å². The summed E-state index contributed by atoms with van der Waals surface area (Å²) in [5.41, 5.74) is -0.484. The fourth-order valence-corrected chi connectivity index (χ4v) is 1.48. The highest BCUT2D eigenvalue weighted by molar-refractivity contribution is 7.98. The molecule has 82 valence electrons. The van der Waals surface area contributed by atoms with Crippen molar-refractivity contribution in [3.05, 3.63) is 41.1 Å². The predicted octanol–water partition coefficient (Wildman–Crippen LogP) is 0.739. The largest absolute Gasteiger partial charge is 0.502 e. The predicted molar refractivity (Wildman–Crippen MR) is 57.8 cm³/mol. The van der Waals surface area contributed by atoms with E-state index in [2.05, 4.69) is 4.98 Å². The van der Waals surface area contributed by atoms with Crippen LogP contribution < -0.4 is 10.00 Å². The highest BCUT2D eigenvalue weighted by Gasteiger charge is 2.09. The van der Waals surface area contributed by atoms with Crippen LogP contribution in [-0.4, -0.2) is 16.3 Å². The summed E-state index contributed by atoms with van der Waals surface area (Å²) in [5, 5.41) is 9.91. The lowest BCUT2D eigenvalue weighted by Crippen LogP contribution is -2.31. The molecule has 1 N–H and O–H groups in total. The van der Waals surface area contributed by atoms with Crippen LogP contribution in [0.15, 0.2) is 45.2 Å². The first-order valence-corrected chi connectivity index (χ1v) is 5.66. The second-order valence-electron chi connectivity index (χ2n) is 2.98. The van der Waals surface area contributed by atoms with Crippen molar-refractivity contribution < 1.29 is 14.1 Å². The highest BCUT2D eigenvalue weighted by atomic mass is 32.2. The number of hydrogen-bond donors (Lipinski definition) is 1. The van der Waals surface area contributed by atoms with Gasteiger partial charge in [0, 0.05) is 6.07 Å². The Hall–Kier alpha value is -1.82. The number of thioether (sulfide) groups is 1. The summed E-state index contributed by atoms with van der Waals surface area (Å²) in [6.45, 7) is 0. The Kier molecular flexibility index (Phi) is 2.91. The molecule has 2 heterocycles. The molecule has 0 aliphatic carbocycles. The first-order chi connectivity index (χ1) is 7.70. The van der Waals surface area contributed by atoms with E-state index in [9.17, 15) is 4.79 Å². The summed E-state index contributed by atoms with van der Waals surface area (Å²) in [6.07, 6.45) is 6.20. The van der Waals surface area contributed by atoms with Crippen molar-refractivity contribution in [2.24, 2.45) is 0 Å². The minimum Gasteiger partial charge on any atom is -0.502 e. The monoisotopic (exact) mass is 237 g/mol. The van der Waals surface area contributed by atoms with Gasteiger partial charge in [0.25, 0.3) is 12.2 Å². The molecular weight excluding hydrogens is 228 g/mol. The SMILES string of the molecule is CSc1cc[n+](-c2cc(=O)c(O)co2)cn1. The van der Waals surface area contributed by atoms with Crippen molar-refractivity contribution in [2.45, 2.75) is 5.03 Å². The summed E-state index contributed by atoms with van der Waals surface area (Å²) in [5.74, 6) is -0.0963. The molecule has 0 aromatic carbocycles. The van der Waals surface area contributed by atoms with Crippen molar-refractivity contribution in [3.63, 3.8) is 0 Å². The zero-order valence-electron chi connectivity index (χ0n) is 8.45. The number of hydrogen-bond acceptors (Lipinski definition) is 5. The van der Waals surface area contributed by atoms with E-state index in [0.717, 1.165) is 11.3 Å². The fraction of sp³-hybridized carbons (Fsp3) is 0.100. The maximum Gasteiger partial charge on any atom is 0.297 e. The van der Waals surface area contributed by atoms with Crippen molar-refractivity contribution >= 4 is 11.8 Å². The molecule has 2 aromatic heterocycles. The van der Waals surface area contributed by atoms with Gasteiger partial charge in [0.05, 0.1) is 6.07 Å². The Labute approximate surface area is 95.4 Å². The molecule has 0 atom stereocenters. The van der Waals surface area contributed by atoms with Crippen molar-refractivity contribution in [1.29, 1.82) is 0 Å². The second kappa shape index (κ2) is 4.36. The van der Waals surface area contributed by atoms with E-state index >= 15 is 0 Å². The molecule has 0 bridgehead atoms. The summed E-state index contributed by atoms with van der Waals surface area (Å²) < 4.78 is 6.62. The molecule has 0 aliphatic rings. The third-order valence-corrected chi connectivity index (χ3v) is 2.61. The van der Waals surface area contributed by atoms with Crippen molar-refractivity contribution in [1.82, 2.24) is 4.98 Å². The molecule has 6 heteroatoms. The standard InChI is InChI=1S/C10H8N2O3S/c1-16-9-2-3-12(6-11-9)10-4-7(13)8(14)5-15-10/h2-6H,1H3/p+1.